The Morgan fingerprint density at radius 3 is 2.43 bits per heavy atom. The van der Waals surface area contributed by atoms with Gasteiger partial charge in [-0.2, -0.15) is 0 Å². The van der Waals surface area contributed by atoms with E-state index in [1.807, 2.05) is 19.1 Å². The maximum Gasteiger partial charge on any atom is 0.270 e. The molecular formula is C21H24ClN3O3. The summed E-state index contributed by atoms with van der Waals surface area (Å²) in [6.07, 6.45) is 2.43. The highest BCUT2D eigenvalue weighted by Gasteiger charge is 2.19. The molecule has 1 aliphatic heterocycles. The molecule has 1 fully saturated rings. The Hall–Kier alpha value is -2.60. The Balaban J connectivity index is 1.65. The number of carbonyl (C=O) groups is 1. The molecule has 0 aromatic heterocycles. The number of nitro groups is 1. The first-order chi connectivity index (χ1) is 13.3. The molecule has 1 amide bonds. The molecule has 0 aliphatic carbocycles. The molecular weight excluding hydrogens is 378 g/mol. The normalized spacial score (nSPS) is 15.9. The van der Waals surface area contributed by atoms with E-state index in [0.29, 0.717) is 0 Å². The minimum atomic E-state index is -0.541. The average Bonchev–Trinajstić information content (AvgIpc) is 2.68. The molecule has 1 N–H and O–H groups in total. The molecule has 0 radical (unpaired) electrons. The molecule has 0 bridgehead atoms. The van der Waals surface area contributed by atoms with E-state index in [1.165, 1.54) is 36.7 Å². The number of non-ortho nitro benzene ring substituents is 1. The lowest BCUT2D eigenvalue weighted by Crippen LogP contribution is -2.32. The third-order valence-electron chi connectivity index (χ3n) is 5.30. The van der Waals surface area contributed by atoms with Gasteiger partial charge in [-0.05, 0) is 49.4 Å². The number of nitro benzene ring substituents is 1. The zero-order valence-electron chi connectivity index (χ0n) is 16.0. The fourth-order valence-electron chi connectivity index (χ4n) is 3.40. The van der Waals surface area contributed by atoms with Gasteiger partial charge in [0, 0.05) is 30.9 Å². The molecule has 6 nitrogen and oxygen atoms in total. The van der Waals surface area contributed by atoms with Crippen LogP contribution in [0.2, 0.25) is 5.02 Å². The molecule has 148 valence electrons. The third kappa shape index (κ3) is 4.62. The first-order valence-corrected chi connectivity index (χ1v) is 9.82. The van der Waals surface area contributed by atoms with Gasteiger partial charge < -0.3 is 10.2 Å². The van der Waals surface area contributed by atoms with E-state index in [-0.39, 0.29) is 28.2 Å². The minimum absolute atomic E-state index is 0.0635. The molecule has 1 aliphatic rings. The van der Waals surface area contributed by atoms with Crippen molar-refractivity contribution in [3.05, 3.63) is 68.7 Å². The van der Waals surface area contributed by atoms with E-state index in [1.54, 1.807) is 0 Å². The second kappa shape index (κ2) is 8.61. The second-order valence-electron chi connectivity index (χ2n) is 7.38. The van der Waals surface area contributed by atoms with Crippen molar-refractivity contribution in [3.63, 3.8) is 0 Å². The van der Waals surface area contributed by atoms with Crippen molar-refractivity contribution in [2.45, 2.75) is 32.7 Å². The van der Waals surface area contributed by atoms with Crippen LogP contribution >= 0.6 is 11.6 Å². The number of anilines is 1. The number of nitrogens with zero attached hydrogens (tertiary/aromatic N) is 2. The summed E-state index contributed by atoms with van der Waals surface area (Å²) in [5.41, 5.74) is 2.27. The zero-order valence-corrected chi connectivity index (χ0v) is 16.8. The number of benzene rings is 2. The molecule has 1 unspecified atom stereocenters. The van der Waals surface area contributed by atoms with E-state index in [2.05, 4.69) is 29.3 Å². The molecule has 0 spiro atoms. The number of piperidine rings is 1. The predicted molar refractivity (Wildman–Crippen MR) is 111 cm³/mol. The van der Waals surface area contributed by atoms with Crippen LogP contribution in [0.4, 0.5) is 11.4 Å². The van der Waals surface area contributed by atoms with Gasteiger partial charge in [0.15, 0.2) is 0 Å². The van der Waals surface area contributed by atoms with Gasteiger partial charge in [-0.3, -0.25) is 14.9 Å². The summed E-state index contributed by atoms with van der Waals surface area (Å²) in [6, 6.07) is 11.9. The van der Waals surface area contributed by atoms with Crippen molar-refractivity contribution in [2.75, 3.05) is 18.0 Å². The molecule has 3 rings (SSSR count). The van der Waals surface area contributed by atoms with Gasteiger partial charge in [-0.25, -0.2) is 0 Å². The third-order valence-corrected chi connectivity index (χ3v) is 5.61. The van der Waals surface area contributed by atoms with Crippen LogP contribution in [-0.4, -0.2) is 23.9 Å². The number of hydrogen-bond donors (Lipinski definition) is 1. The standard InChI is InChI=1S/C21H24ClN3O3/c1-14-9-11-24(12-10-14)17-5-3-16(4-6-17)15(2)23-21(26)19-8-7-18(25(27)28)13-20(19)22/h3-8,13-15H,9-12H2,1-2H3,(H,23,26). The molecule has 2 aromatic rings. The average molecular weight is 402 g/mol. The topological polar surface area (TPSA) is 75.5 Å². The first kappa shape index (κ1) is 20.1. The van der Waals surface area contributed by atoms with Crippen molar-refractivity contribution >= 4 is 28.9 Å². The summed E-state index contributed by atoms with van der Waals surface area (Å²) in [7, 11) is 0. The summed E-state index contributed by atoms with van der Waals surface area (Å²) < 4.78 is 0. The van der Waals surface area contributed by atoms with E-state index < -0.39 is 4.92 Å². The predicted octanol–water partition coefficient (Wildman–Crippen LogP) is 4.98. The van der Waals surface area contributed by atoms with Crippen LogP contribution in [0.5, 0.6) is 0 Å². The fourth-order valence-corrected chi connectivity index (χ4v) is 3.66. The SMILES string of the molecule is CC1CCN(c2ccc(C(C)NC(=O)c3ccc([N+](=O)[O-])cc3Cl)cc2)CC1. The van der Waals surface area contributed by atoms with Crippen molar-refractivity contribution in [3.8, 4) is 0 Å². The summed E-state index contributed by atoms with van der Waals surface area (Å²) in [4.78, 5) is 25.2. The fraction of sp³-hybridized carbons (Fsp3) is 0.381. The van der Waals surface area contributed by atoms with E-state index in [9.17, 15) is 14.9 Å². The molecule has 1 saturated heterocycles. The summed E-state index contributed by atoms with van der Waals surface area (Å²) in [5, 5.41) is 13.8. The molecule has 0 saturated carbocycles. The van der Waals surface area contributed by atoms with Crippen molar-refractivity contribution in [1.29, 1.82) is 0 Å². The molecule has 1 atom stereocenters. The lowest BCUT2D eigenvalue weighted by atomic mass is 9.98. The lowest BCUT2D eigenvalue weighted by Gasteiger charge is -2.32. The molecule has 28 heavy (non-hydrogen) atoms. The Morgan fingerprint density at radius 1 is 1.21 bits per heavy atom. The molecule has 7 heteroatoms. The Labute approximate surface area is 169 Å². The number of halogens is 1. The number of hydrogen-bond acceptors (Lipinski definition) is 4. The first-order valence-electron chi connectivity index (χ1n) is 9.45. The van der Waals surface area contributed by atoms with Gasteiger partial charge in [-0.15, -0.1) is 0 Å². The maximum atomic E-state index is 12.5. The van der Waals surface area contributed by atoms with Gasteiger partial charge in [-0.1, -0.05) is 30.7 Å². The second-order valence-corrected chi connectivity index (χ2v) is 7.78. The number of rotatable bonds is 5. The maximum absolute atomic E-state index is 12.5. The quantitative estimate of drug-likeness (QED) is 0.566. The number of carbonyl (C=O) groups excluding carboxylic acids is 1. The van der Waals surface area contributed by atoms with Crippen LogP contribution in [0.3, 0.4) is 0 Å². The number of nitrogens with one attached hydrogen (secondary N) is 1. The smallest absolute Gasteiger partial charge is 0.270 e. The largest absolute Gasteiger partial charge is 0.372 e. The van der Waals surface area contributed by atoms with Crippen molar-refractivity contribution < 1.29 is 9.72 Å². The zero-order chi connectivity index (χ0) is 20.3. The van der Waals surface area contributed by atoms with E-state index in [4.69, 9.17) is 11.6 Å². The lowest BCUT2D eigenvalue weighted by molar-refractivity contribution is -0.384. The van der Waals surface area contributed by atoms with Crippen LogP contribution in [0.25, 0.3) is 0 Å². The molecule has 1 heterocycles. The van der Waals surface area contributed by atoms with Gasteiger partial charge in [0.05, 0.1) is 21.6 Å². The van der Waals surface area contributed by atoms with Gasteiger partial charge in [0.25, 0.3) is 11.6 Å². The van der Waals surface area contributed by atoms with E-state index in [0.717, 1.165) is 24.6 Å². The summed E-state index contributed by atoms with van der Waals surface area (Å²) in [5.74, 6) is 0.429. The van der Waals surface area contributed by atoms with Crippen LogP contribution in [0.1, 0.15) is 48.7 Å². The van der Waals surface area contributed by atoms with Crippen LogP contribution in [0.15, 0.2) is 42.5 Å². The molecule has 2 aromatic carbocycles. The van der Waals surface area contributed by atoms with Crippen LogP contribution in [0, 0.1) is 16.0 Å². The van der Waals surface area contributed by atoms with E-state index >= 15 is 0 Å². The van der Waals surface area contributed by atoms with Crippen molar-refractivity contribution in [1.82, 2.24) is 5.32 Å². The highest BCUT2D eigenvalue weighted by atomic mass is 35.5. The highest BCUT2D eigenvalue weighted by molar-refractivity contribution is 6.34. The Kier molecular flexibility index (Phi) is 6.19. The summed E-state index contributed by atoms with van der Waals surface area (Å²) in [6.45, 7) is 6.34. The van der Waals surface area contributed by atoms with Crippen LogP contribution < -0.4 is 10.2 Å². The van der Waals surface area contributed by atoms with Crippen LogP contribution in [-0.2, 0) is 0 Å². The highest BCUT2D eigenvalue weighted by Crippen LogP contribution is 2.26. The number of amides is 1. The van der Waals surface area contributed by atoms with Gasteiger partial charge >= 0.3 is 0 Å². The van der Waals surface area contributed by atoms with Crippen molar-refractivity contribution in [2.24, 2.45) is 5.92 Å². The van der Waals surface area contributed by atoms with Gasteiger partial charge in [0.1, 0.15) is 0 Å². The minimum Gasteiger partial charge on any atom is -0.372 e. The summed E-state index contributed by atoms with van der Waals surface area (Å²) >= 11 is 6.04. The Bertz CT molecular complexity index is 862. The monoisotopic (exact) mass is 401 g/mol. The van der Waals surface area contributed by atoms with Gasteiger partial charge in [0.2, 0.25) is 0 Å². The Morgan fingerprint density at radius 2 is 1.86 bits per heavy atom.